The number of rotatable bonds is 11. The number of aliphatic carboxylic acids is 1. The van der Waals surface area contributed by atoms with Gasteiger partial charge >= 0.3 is 12.1 Å². The molecule has 0 spiro atoms. The minimum absolute atomic E-state index is 0.0201. The number of carboxylic acid groups (broad SMARTS) is 1. The lowest BCUT2D eigenvalue weighted by Gasteiger charge is -2.25. The van der Waals surface area contributed by atoms with Gasteiger partial charge in [-0.1, -0.05) is 36.6 Å². The predicted octanol–water partition coefficient (Wildman–Crippen LogP) is 6.12. The second-order valence-corrected chi connectivity index (χ2v) is 9.46. The van der Waals surface area contributed by atoms with E-state index in [9.17, 15) is 18.0 Å². The summed E-state index contributed by atoms with van der Waals surface area (Å²) in [7, 11) is 0. The van der Waals surface area contributed by atoms with E-state index in [1.807, 2.05) is 12.1 Å². The molecule has 33 heavy (non-hydrogen) atoms. The van der Waals surface area contributed by atoms with Crippen molar-refractivity contribution in [2.45, 2.75) is 70.2 Å². The van der Waals surface area contributed by atoms with Gasteiger partial charge in [0.05, 0.1) is 12.0 Å². The van der Waals surface area contributed by atoms with Gasteiger partial charge in [0.1, 0.15) is 6.61 Å². The number of oxime groups is 1. The standard InChI is InChI=1S/C24H29F3N2O3S/c25-24(26,27)22-14-17(6-9-21(22)18-4-2-1-3-5-18)16-32-29-13-10-19-7-8-20(33-19)15-28-12-11-23(30)31/h6-9,13-14,18,28H,1-5,10-12,15-16H2,(H,30,31). The molecule has 0 saturated heterocycles. The molecular weight excluding hydrogens is 453 g/mol. The van der Waals surface area contributed by atoms with Crippen molar-refractivity contribution in [3.63, 3.8) is 0 Å². The first-order valence-corrected chi connectivity index (χ1v) is 12.0. The molecule has 0 amide bonds. The highest BCUT2D eigenvalue weighted by Crippen LogP contribution is 2.41. The minimum atomic E-state index is -4.38. The maximum Gasteiger partial charge on any atom is 0.416 e. The third kappa shape index (κ3) is 8.16. The number of hydrogen-bond donors (Lipinski definition) is 2. The molecule has 1 aliphatic carbocycles. The quantitative estimate of drug-likeness (QED) is 0.230. The average molecular weight is 483 g/mol. The summed E-state index contributed by atoms with van der Waals surface area (Å²) in [6.07, 6.45) is 2.52. The van der Waals surface area contributed by atoms with E-state index >= 15 is 0 Å². The Morgan fingerprint density at radius 3 is 2.67 bits per heavy atom. The number of benzene rings is 1. The Labute approximate surface area is 195 Å². The van der Waals surface area contributed by atoms with E-state index in [2.05, 4.69) is 10.5 Å². The number of nitrogens with one attached hydrogen (secondary N) is 1. The van der Waals surface area contributed by atoms with Gasteiger partial charge in [0.2, 0.25) is 0 Å². The number of carbonyl (C=O) groups is 1. The molecule has 0 radical (unpaired) electrons. The minimum Gasteiger partial charge on any atom is -0.481 e. The van der Waals surface area contributed by atoms with Crippen molar-refractivity contribution in [2.24, 2.45) is 5.16 Å². The van der Waals surface area contributed by atoms with Crippen LogP contribution in [-0.4, -0.2) is 23.8 Å². The Bertz CT molecular complexity index is 937. The van der Waals surface area contributed by atoms with Gasteiger partial charge in [0.15, 0.2) is 0 Å². The molecule has 1 saturated carbocycles. The summed E-state index contributed by atoms with van der Waals surface area (Å²) < 4.78 is 40.9. The lowest BCUT2D eigenvalue weighted by atomic mass is 9.81. The van der Waals surface area contributed by atoms with Crippen LogP contribution in [0, 0.1) is 0 Å². The van der Waals surface area contributed by atoms with Crippen molar-refractivity contribution >= 4 is 23.5 Å². The van der Waals surface area contributed by atoms with Crippen LogP contribution in [0.2, 0.25) is 0 Å². The first kappa shape index (κ1) is 25.2. The molecule has 1 aliphatic rings. The Morgan fingerprint density at radius 2 is 1.94 bits per heavy atom. The number of thiophene rings is 1. The summed E-state index contributed by atoms with van der Waals surface area (Å²) in [6.45, 7) is 0.993. The molecule has 2 N–H and O–H groups in total. The van der Waals surface area contributed by atoms with Crippen LogP contribution in [0.5, 0.6) is 0 Å². The van der Waals surface area contributed by atoms with Gasteiger partial charge in [-0.2, -0.15) is 13.2 Å². The molecular formula is C24H29F3N2O3S. The monoisotopic (exact) mass is 482 g/mol. The lowest BCUT2D eigenvalue weighted by Crippen LogP contribution is -2.16. The van der Waals surface area contributed by atoms with E-state index in [0.717, 1.165) is 41.9 Å². The van der Waals surface area contributed by atoms with Crippen molar-refractivity contribution in [2.75, 3.05) is 6.54 Å². The maximum atomic E-state index is 13.6. The van der Waals surface area contributed by atoms with Crippen molar-refractivity contribution in [1.29, 1.82) is 0 Å². The zero-order valence-corrected chi connectivity index (χ0v) is 19.2. The molecule has 1 aromatic heterocycles. The van der Waals surface area contributed by atoms with E-state index in [1.54, 1.807) is 29.7 Å². The summed E-state index contributed by atoms with van der Waals surface area (Å²) in [5.41, 5.74) is 0.299. The Hall–Kier alpha value is -2.39. The highest BCUT2D eigenvalue weighted by atomic mass is 32.1. The van der Waals surface area contributed by atoms with Crippen LogP contribution in [0.15, 0.2) is 35.5 Å². The third-order valence-corrected chi connectivity index (χ3v) is 6.78. The van der Waals surface area contributed by atoms with E-state index in [4.69, 9.17) is 9.94 Å². The lowest BCUT2D eigenvalue weighted by molar-refractivity contribution is -0.139. The number of nitrogens with zero attached hydrogens (tertiary/aromatic N) is 1. The second kappa shape index (κ2) is 12.2. The summed E-state index contributed by atoms with van der Waals surface area (Å²) >= 11 is 1.58. The van der Waals surface area contributed by atoms with Crippen molar-refractivity contribution in [3.05, 3.63) is 56.8 Å². The van der Waals surface area contributed by atoms with E-state index in [1.165, 1.54) is 6.07 Å². The number of alkyl halides is 3. The Balaban J connectivity index is 1.48. The maximum absolute atomic E-state index is 13.6. The highest BCUT2D eigenvalue weighted by molar-refractivity contribution is 7.12. The predicted molar refractivity (Wildman–Crippen MR) is 123 cm³/mol. The van der Waals surface area contributed by atoms with Crippen molar-refractivity contribution in [1.82, 2.24) is 5.32 Å². The van der Waals surface area contributed by atoms with E-state index in [-0.39, 0.29) is 18.9 Å². The van der Waals surface area contributed by atoms with Crippen LogP contribution in [-0.2, 0) is 35.4 Å². The normalized spacial score (nSPS) is 15.2. The zero-order chi connectivity index (χ0) is 23.7. The molecule has 0 aliphatic heterocycles. The summed E-state index contributed by atoms with van der Waals surface area (Å²) in [5.74, 6) is -0.855. The molecule has 0 bridgehead atoms. The van der Waals surface area contributed by atoms with Gasteiger partial charge < -0.3 is 15.3 Å². The average Bonchev–Trinajstić information content (AvgIpc) is 3.24. The van der Waals surface area contributed by atoms with Gasteiger partial charge in [0.25, 0.3) is 0 Å². The first-order valence-electron chi connectivity index (χ1n) is 11.2. The molecule has 9 heteroatoms. The van der Waals surface area contributed by atoms with Gasteiger partial charge in [-0.05, 0) is 48.1 Å². The topological polar surface area (TPSA) is 70.9 Å². The van der Waals surface area contributed by atoms with Crippen LogP contribution in [0.1, 0.15) is 70.9 Å². The van der Waals surface area contributed by atoms with Gasteiger partial charge in [-0.25, -0.2) is 0 Å². The van der Waals surface area contributed by atoms with Crippen LogP contribution in [0.25, 0.3) is 0 Å². The molecule has 1 heterocycles. The largest absolute Gasteiger partial charge is 0.481 e. The van der Waals surface area contributed by atoms with Crippen LogP contribution >= 0.6 is 11.3 Å². The van der Waals surface area contributed by atoms with Crippen LogP contribution in [0.3, 0.4) is 0 Å². The fourth-order valence-electron chi connectivity index (χ4n) is 4.03. The van der Waals surface area contributed by atoms with Crippen LogP contribution < -0.4 is 5.32 Å². The van der Waals surface area contributed by atoms with Gasteiger partial charge in [0, 0.05) is 35.5 Å². The molecule has 0 unspecified atom stereocenters. The highest BCUT2D eigenvalue weighted by Gasteiger charge is 2.35. The molecule has 5 nitrogen and oxygen atoms in total. The van der Waals surface area contributed by atoms with E-state index in [0.29, 0.717) is 30.6 Å². The third-order valence-electron chi connectivity index (χ3n) is 5.67. The molecule has 180 valence electrons. The number of halogens is 3. The smallest absolute Gasteiger partial charge is 0.416 e. The Kier molecular flexibility index (Phi) is 9.31. The fourth-order valence-corrected chi connectivity index (χ4v) is 4.98. The summed E-state index contributed by atoms with van der Waals surface area (Å²) in [5, 5.41) is 15.6. The van der Waals surface area contributed by atoms with Crippen LogP contribution in [0.4, 0.5) is 13.2 Å². The van der Waals surface area contributed by atoms with Gasteiger partial charge in [-0.3, -0.25) is 4.79 Å². The number of carboxylic acids is 1. The molecule has 0 atom stereocenters. The van der Waals surface area contributed by atoms with Crippen molar-refractivity contribution < 1.29 is 27.9 Å². The molecule has 1 aromatic carbocycles. The molecule has 3 rings (SSSR count). The Morgan fingerprint density at radius 1 is 1.18 bits per heavy atom. The second-order valence-electron chi connectivity index (χ2n) is 8.21. The zero-order valence-electron chi connectivity index (χ0n) is 18.4. The van der Waals surface area contributed by atoms with E-state index < -0.39 is 17.7 Å². The summed E-state index contributed by atoms with van der Waals surface area (Å²) in [4.78, 5) is 17.9. The van der Waals surface area contributed by atoms with Gasteiger partial charge in [-0.15, -0.1) is 11.3 Å². The molecule has 2 aromatic rings. The first-order chi connectivity index (χ1) is 15.8. The SMILES string of the molecule is O=C(O)CCNCc1ccc(CC=NOCc2ccc(C3CCCCC3)c(C(F)(F)F)c2)s1. The fraction of sp³-hybridized carbons (Fsp3) is 0.500. The summed E-state index contributed by atoms with van der Waals surface area (Å²) in [6, 6.07) is 8.44. The van der Waals surface area contributed by atoms with Crippen molar-refractivity contribution in [3.8, 4) is 0 Å². The molecule has 1 fully saturated rings. The number of hydrogen-bond acceptors (Lipinski definition) is 5.